The van der Waals surface area contributed by atoms with Crippen molar-refractivity contribution in [1.29, 1.82) is 0 Å². The molecule has 0 radical (unpaired) electrons. The molecule has 2 amide bonds. The molecule has 1 aromatic carbocycles. The maximum atomic E-state index is 12.1. The number of hydrogen-bond donors (Lipinski definition) is 2. The molecule has 25 heavy (non-hydrogen) atoms. The molecule has 0 fully saturated rings. The molecule has 0 unspecified atom stereocenters. The Kier molecular flexibility index (Phi) is 4.97. The molecule has 1 aliphatic heterocycles. The lowest BCUT2D eigenvalue weighted by Crippen LogP contribution is -2.31. The number of nitrogens with one attached hydrogen (secondary N) is 2. The first-order valence-electron chi connectivity index (χ1n) is 8.18. The summed E-state index contributed by atoms with van der Waals surface area (Å²) in [6, 6.07) is 7.74. The van der Waals surface area contributed by atoms with Crippen molar-refractivity contribution in [3.05, 3.63) is 35.7 Å². The van der Waals surface area contributed by atoms with Crippen LogP contribution in [0.2, 0.25) is 0 Å². The van der Waals surface area contributed by atoms with Gasteiger partial charge in [-0.3, -0.25) is 9.59 Å². The largest absolute Gasteiger partial charge is 0.347 e. The van der Waals surface area contributed by atoms with Gasteiger partial charge < -0.3 is 20.1 Å². The molecule has 0 spiro atoms. The molecule has 0 saturated heterocycles. The first-order valence-corrected chi connectivity index (χ1v) is 8.18. The molecule has 3 rings (SSSR count). The van der Waals surface area contributed by atoms with Crippen LogP contribution in [-0.4, -0.2) is 36.1 Å². The topological polar surface area (TPSA) is 100 Å². The fraction of sp³-hybridized carbons (Fsp3) is 0.412. The molecule has 1 atom stereocenters. The van der Waals surface area contributed by atoms with Gasteiger partial charge in [0.2, 0.25) is 17.7 Å². The number of nitrogens with zero attached hydrogens (tertiary/aromatic N) is 3. The second-order valence-electron chi connectivity index (χ2n) is 6.25. The Bertz CT molecular complexity index is 771. The summed E-state index contributed by atoms with van der Waals surface area (Å²) in [5.74, 6) is 0.447. The molecule has 0 saturated carbocycles. The fourth-order valence-electron chi connectivity index (χ4n) is 2.71. The minimum atomic E-state index is -0.190. The molecule has 0 aliphatic carbocycles. The van der Waals surface area contributed by atoms with Gasteiger partial charge in [-0.2, -0.15) is 4.98 Å². The highest BCUT2D eigenvalue weighted by Crippen LogP contribution is 2.27. The van der Waals surface area contributed by atoms with Crippen molar-refractivity contribution >= 4 is 23.5 Å². The number of fused-ring (bicyclic) bond motifs is 1. The highest BCUT2D eigenvalue weighted by Gasteiger charge is 2.26. The number of rotatable bonds is 6. The van der Waals surface area contributed by atoms with Crippen molar-refractivity contribution in [1.82, 2.24) is 15.5 Å². The number of carbonyl (C=O) groups excluding carboxylic acids is 2. The minimum absolute atomic E-state index is 0.0287. The van der Waals surface area contributed by atoms with Gasteiger partial charge in [-0.1, -0.05) is 18.2 Å². The van der Waals surface area contributed by atoms with E-state index < -0.39 is 0 Å². The van der Waals surface area contributed by atoms with Crippen LogP contribution in [-0.2, 0) is 22.6 Å². The van der Waals surface area contributed by atoms with E-state index in [-0.39, 0.29) is 30.7 Å². The number of aromatic nitrogens is 2. The van der Waals surface area contributed by atoms with Gasteiger partial charge in [-0.25, -0.2) is 0 Å². The molecule has 0 bridgehead atoms. The van der Waals surface area contributed by atoms with E-state index >= 15 is 0 Å². The maximum absolute atomic E-state index is 12.1. The zero-order chi connectivity index (χ0) is 17.8. The summed E-state index contributed by atoms with van der Waals surface area (Å²) in [4.78, 5) is 30.0. The highest BCUT2D eigenvalue weighted by atomic mass is 16.5. The number of benzene rings is 1. The van der Waals surface area contributed by atoms with E-state index in [1.165, 1.54) is 0 Å². The average molecular weight is 343 g/mol. The molecular formula is C17H21N5O3. The van der Waals surface area contributed by atoms with Crippen molar-refractivity contribution in [2.45, 2.75) is 25.8 Å². The van der Waals surface area contributed by atoms with Crippen LogP contribution in [0.1, 0.15) is 24.3 Å². The van der Waals surface area contributed by atoms with E-state index in [4.69, 9.17) is 4.52 Å². The molecule has 1 aromatic heterocycles. The highest BCUT2D eigenvalue weighted by molar-refractivity contribution is 5.96. The van der Waals surface area contributed by atoms with Crippen molar-refractivity contribution in [3.63, 3.8) is 0 Å². The standard InChI is InChI=1S/C17H21N5O3/c1-22(2)17-20-15(25-21-17)10-18-14(23)8-7-12-9-11-5-3-4-6-13(11)19-16(12)24/h3-6,12H,7-10H2,1-2H3,(H,18,23)(H,19,24)/t12-/m1/s1. The van der Waals surface area contributed by atoms with Gasteiger partial charge in [0.25, 0.3) is 5.95 Å². The third kappa shape index (κ3) is 4.14. The van der Waals surface area contributed by atoms with Crippen LogP contribution < -0.4 is 15.5 Å². The molecule has 132 valence electrons. The Balaban J connectivity index is 1.46. The quantitative estimate of drug-likeness (QED) is 0.821. The van der Waals surface area contributed by atoms with Gasteiger partial charge >= 0.3 is 0 Å². The van der Waals surface area contributed by atoms with Gasteiger partial charge in [-0.15, -0.1) is 0 Å². The van der Waals surface area contributed by atoms with E-state index in [9.17, 15) is 9.59 Å². The molecule has 8 nitrogen and oxygen atoms in total. The van der Waals surface area contributed by atoms with E-state index in [1.807, 2.05) is 24.3 Å². The third-order valence-corrected chi connectivity index (χ3v) is 4.13. The van der Waals surface area contributed by atoms with Crippen molar-refractivity contribution < 1.29 is 14.1 Å². The van der Waals surface area contributed by atoms with Crippen LogP contribution in [0.5, 0.6) is 0 Å². The normalized spacial score (nSPS) is 16.1. The van der Waals surface area contributed by atoms with Crippen molar-refractivity contribution in [2.75, 3.05) is 24.3 Å². The minimum Gasteiger partial charge on any atom is -0.347 e. The van der Waals surface area contributed by atoms with Gasteiger partial charge in [-0.05, 0) is 29.6 Å². The molecular weight excluding hydrogens is 322 g/mol. The number of carbonyl (C=O) groups is 2. The Labute approximate surface area is 145 Å². The van der Waals surface area contributed by atoms with Crippen LogP contribution in [0.4, 0.5) is 11.6 Å². The van der Waals surface area contributed by atoms with Crippen LogP contribution in [0.3, 0.4) is 0 Å². The molecule has 2 N–H and O–H groups in total. The van der Waals surface area contributed by atoms with Crippen molar-refractivity contribution in [2.24, 2.45) is 5.92 Å². The summed E-state index contributed by atoms with van der Waals surface area (Å²) in [5, 5.41) is 9.42. The Morgan fingerprint density at radius 1 is 1.40 bits per heavy atom. The Hall–Kier alpha value is -2.90. The molecule has 2 heterocycles. The predicted molar refractivity (Wildman–Crippen MR) is 92.0 cm³/mol. The summed E-state index contributed by atoms with van der Waals surface area (Å²) in [6.45, 7) is 0.180. The van der Waals surface area contributed by atoms with Gasteiger partial charge in [0, 0.05) is 32.1 Å². The second-order valence-corrected chi connectivity index (χ2v) is 6.25. The van der Waals surface area contributed by atoms with Crippen LogP contribution >= 0.6 is 0 Å². The number of amides is 2. The summed E-state index contributed by atoms with van der Waals surface area (Å²) < 4.78 is 5.05. The zero-order valence-electron chi connectivity index (χ0n) is 14.3. The first kappa shape index (κ1) is 16.9. The van der Waals surface area contributed by atoms with Crippen molar-refractivity contribution in [3.8, 4) is 0 Å². The van der Waals surface area contributed by atoms with Gasteiger partial charge in [0.15, 0.2) is 0 Å². The first-order chi connectivity index (χ1) is 12.0. The molecule has 8 heteroatoms. The van der Waals surface area contributed by atoms with Crippen LogP contribution in [0.15, 0.2) is 28.8 Å². The fourth-order valence-corrected chi connectivity index (χ4v) is 2.71. The molecule has 1 aliphatic rings. The number of para-hydroxylation sites is 1. The average Bonchev–Trinajstić information content (AvgIpc) is 3.07. The number of hydrogen-bond acceptors (Lipinski definition) is 6. The number of anilines is 2. The predicted octanol–water partition coefficient (Wildman–Crippen LogP) is 1.34. The lowest BCUT2D eigenvalue weighted by molar-refractivity contribution is -0.123. The second kappa shape index (κ2) is 7.33. The third-order valence-electron chi connectivity index (χ3n) is 4.13. The van der Waals surface area contributed by atoms with E-state index in [0.29, 0.717) is 24.7 Å². The van der Waals surface area contributed by atoms with E-state index in [2.05, 4.69) is 20.8 Å². The zero-order valence-corrected chi connectivity index (χ0v) is 14.3. The smallest absolute Gasteiger partial charge is 0.265 e. The maximum Gasteiger partial charge on any atom is 0.265 e. The summed E-state index contributed by atoms with van der Waals surface area (Å²) >= 11 is 0. The lowest BCUT2D eigenvalue weighted by atomic mass is 9.89. The summed E-state index contributed by atoms with van der Waals surface area (Å²) in [7, 11) is 3.61. The van der Waals surface area contributed by atoms with Crippen LogP contribution in [0.25, 0.3) is 0 Å². The lowest BCUT2D eigenvalue weighted by Gasteiger charge is -2.24. The van der Waals surface area contributed by atoms with E-state index in [0.717, 1.165) is 11.3 Å². The van der Waals surface area contributed by atoms with Crippen LogP contribution in [0, 0.1) is 5.92 Å². The Morgan fingerprint density at radius 3 is 2.96 bits per heavy atom. The Morgan fingerprint density at radius 2 is 2.20 bits per heavy atom. The SMILES string of the molecule is CN(C)c1noc(CNC(=O)CC[C@@H]2Cc3ccccc3NC2=O)n1. The summed E-state index contributed by atoms with van der Waals surface area (Å²) in [6.07, 6.45) is 1.43. The summed E-state index contributed by atoms with van der Waals surface area (Å²) in [5.41, 5.74) is 1.97. The van der Waals surface area contributed by atoms with Gasteiger partial charge in [0.1, 0.15) is 0 Å². The van der Waals surface area contributed by atoms with Gasteiger partial charge in [0.05, 0.1) is 6.54 Å². The van der Waals surface area contributed by atoms with E-state index in [1.54, 1.807) is 19.0 Å². The molecule has 2 aromatic rings. The monoisotopic (exact) mass is 343 g/mol.